The maximum atomic E-state index is 13.9. The first-order chi connectivity index (χ1) is 13.9. The first-order valence-corrected chi connectivity index (χ1v) is 10.2. The van der Waals surface area contributed by atoms with E-state index in [9.17, 15) is 18.7 Å². The fourth-order valence-corrected chi connectivity index (χ4v) is 3.94. The highest BCUT2D eigenvalue weighted by atomic mass is 79.9. The van der Waals surface area contributed by atoms with Crippen molar-refractivity contribution in [1.82, 2.24) is 9.97 Å². The van der Waals surface area contributed by atoms with Crippen LogP contribution < -0.4 is 10.1 Å². The molecular formula is C19H16BrF2N3O3S. The lowest BCUT2D eigenvalue weighted by Crippen LogP contribution is -2.09. The summed E-state index contributed by atoms with van der Waals surface area (Å²) < 4.78 is 33.5. The second kappa shape index (κ2) is 9.27. The molecule has 0 aliphatic rings. The van der Waals surface area contributed by atoms with Gasteiger partial charge >= 0.3 is 5.97 Å². The van der Waals surface area contributed by atoms with Gasteiger partial charge in [-0.2, -0.15) is 0 Å². The van der Waals surface area contributed by atoms with Crippen LogP contribution in [0.25, 0.3) is 10.6 Å². The van der Waals surface area contributed by atoms with E-state index in [-0.39, 0.29) is 29.2 Å². The summed E-state index contributed by atoms with van der Waals surface area (Å²) in [5.41, 5.74) is 0.502. The van der Waals surface area contributed by atoms with Crippen molar-refractivity contribution in [2.75, 3.05) is 18.5 Å². The summed E-state index contributed by atoms with van der Waals surface area (Å²) in [6, 6.07) is 5.69. The van der Waals surface area contributed by atoms with Crippen molar-refractivity contribution < 1.29 is 23.4 Å². The molecule has 2 N–H and O–H groups in total. The largest absolute Gasteiger partial charge is 0.492 e. The van der Waals surface area contributed by atoms with Gasteiger partial charge in [0.05, 0.1) is 17.2 Å². The number of nitrogens with zero attached hydrogens (tertiary/aromatic N) is 2. The van der Waals surface area contributed by atoms with E-state index in [1.54, 1.807) is 19.1 Å². The van der Waals surface area contributed by atoms with E-state index < -0.39 is 17.6 Å². The topological polar surface area (TPSA) is 84.3 Å². The van der Waals surface area contributed by atoms with Gasteiger partial charge in [-0.15, -0.1) is 11.3 Å². The molecule has 2 heterocycles. The molecule has 0 saturated heterocycles. The van der Waals surface area contributed by atoms with E-state index in [1.807, 2.05) is 0 Å². The highest BCUT2D eigenvalue weighted by Crippen LogP contribution is 2.36. The minimum absolute atomic E-state index is 0.0132. The molecule has 29 heavy (non-hydrogen) atoms. The maximum Gasteiger partial charge on any atom is 0.349 e. The predicted octanol–water partition coefficient (Wildman–Crippen LogP) is 5.00. The van der Waals surface area contributed by atoms with Gasteiger partial charge in [0.25, 0.3) is 0 Å². The van der Waals surface area contributed by atoms with Crippen molar-refractivity contribution in [2.24, 2.45) is 0 Å². The van der Waals surface area contributed by atoms with Crippen molar-refractivity contribution in [3.05, 3.63) is 57.1 Å². The van der Waals surface area contributed by atoms with Gasteiger partial charge in [-0.25, -0.2) is 23.5 Å². The molecular weight excluding hydrogens is 468 g/mol. The average Bonchev–Trinajstić information content (AvgIpc) is 3.09. The molecule has 0 spiro atoms. The molecule has 0 aliphatic heterocycles. The monoisotopic (exact) mass is 483 g/mol. The number of anilines is 1. The number of aromatic carboxylic acids is 1. The van der Waals surface area contributed by atoms with Crippen molar-refractivity contribution in [2.45, 2.75) is 13.3 Å². The van der Waals surface area contributed by atoms with Crippen LogP contribution in [0, 0.1) is 11.6 Å². The average molecular weight is 484 g/mol. The quantitative estimate of drug-likeness (QED) is 0.469. The van der Waals surface area contributed by atoms with E-state index in [0.29, 0.717) is 27.5 Å². The number of ether oxygens (including phenoxy) is 1. The van der Waals surface area contributed by atoms with Crippen LogP contribution in [0.5, 0.6) is 5.75 Å². The molecule has 0 bridgehead atoms. The first kappa shape index (κ1) is 21.1. The van der Waals surface area contributed by atoms with E-state index in [4.69, 9.17) is 4.74 Å². The molecule has 0 unspecified atom stereocenters. The normalized spacial score (nSPS) is 10.8. The Morgan fingerprint density at radius 2 is 1.97 bits per heavy atom. The SMILES string of the molecule is CCOc1cc(-c2cc(NCCc3c(F)cc(Br)cc3F)ncn2)sc1C(=O)O. The summed E-state index contributed by atoms with van der Waals surface area (Å²) >= 11 is 4.10. The lowest BCUT2D eigenvalue weighted by atomic mass is 10.1. The Morgan fingerprint density at radius 1 is 1.24 bits per heavy atom. The van der Waals surface area contributed by atoms with Crippen LogP contribution in [0.1, 0.15) is 22.2 Å². The number of aromatic nitrogens is 2. The maximum absolute atomic E-state index is 13.9. The highest BCUT2D eigenvalue weighted by molar-refractivity contribution is 9.10. The fourth-order valence-electron chi connectivity index (χ4n) is 2.63. The molecule has 0 radical (unpaired) electrons. The minimum Gasteiger partial charge on any atom is -0.492 e. The zero-order valence-electron chi connectivity index (χ0n) is 15.2. The van der Waals surface area contributed by atoms with Gasteiger partial charge in [-0.05, 0) is 25.5 Å². The van der Waals surface area contributed by atoms with E-state index >= 15 is 0 Å². The van der Waals surface area contributed by atoms with Gasteiger partial charge in [0.15, 0.2) is 4.88 Å². The number of hydrogen-bond acceptors (Lipinski definition) is 6. The Balaban J connectivity index is 1.74. The van der Waals surface area contributed by atoms with Crippen molar-refractivity contribution in [3.63, 3.8) is 0 Å². The summed E-state index contributed by atoms with van der Waals surface area (Å²) in [5.74, 6) is -1.57. The highest BCUT2D eigenvalue weighted by Gasteiger charge is 2.18. The second-order valence-corrected chi connectivity index (χ2v) is 7.82. The molecule has 0 aliphatic carbocycles. The van der Waals surface area contributed by atoms with Crippen LogP contribution in [0.2, 0.25) is 0 Å². The standard InChI is InChI=1S/C19H16BrF2N3O3S/c1-2-28-15-8-16(29-18(15)19(26)27)14-7-17(25-9-24-14)23-4-3-11-12(21)5-10(20)6-13(11)22/h5-9H,2-4H2,1H3,(H,26,27)(H,23,24,25). The molecule has 3 rings (SSSR count). The lowest BCUT2D eigenvalue weighted by Gasteiger charge is -2.08. The molecule has 0 amide bonds. The fraction of sp³-hybridized carbons (Fsp3) is 0.211. The summed E-state index contributed by atoms with van der Waals surface area (Å²) in [5, 5.41) is 12.3. The molecule has 0 atom stereocenters. The number of carboxylic acid groups (broad SMARTS) is 1. The summed E-state index contributed by atoms with van der Waals surface area (Å²) in [6.45, 7) is 2.37. The third-order valence-electron chi connectivity index (χ3n) is 3.90. The summed E-state index contributed by atoms with van der Waals surface area (Å²) in [7, 11) is 0. The van der Waals surface area contributed by atoms with E-state index in [1.165, 1.54) is 18.5 Å². The molecule has 1 aromatic carbocycles. The molecule has 0 saturated carbocycles. The first-order valence-electron chi connectivity index (χ1n) is 8.58. The number of halogens is 3. The Morgan fingerprint density at radius 3 is 2.62 bits per heavy atom. The number of carbonyl (C=O) groups is 1. The Hall–Kier alpha value is -2.59. The van der Waals surface area contributed by atoms with Gasteiger partial charge in [0.2, 0.25) is 0 Å². The number of carboxylic acids is 1. The molecule has 152 valence electrons. The van der Waals surface area contributed by atoms with Crippen LogP contribution in [0.15, 0.2) is 35.1 Å². The summed E-state index contributed by atoms with van der Waals surface area (Å²) in [4.78, 5) is 20.4. The number of thiophene rings is 1. The predicted molar refractivity (Wildman–Crippen MR) is 110 cm³/mol. The van der Waals surface area contributed by atoms with Crippen LogP contribution in [-0.2, 0) is 6.42 Å². The van der Waals surface area contributed by atoms with Crippen molar-refractivity contribution in [1.29, 1.82) is 0 Å². The minimum atomic E-state index is -1.07. The Bertz CT molecular complexity index is 1020. The number of rotatable bonds is 8. The van der Waals surface area contributed by atoms with Gasteiger partial charge in [-0.1, -0.05) is 15.9 Å². The van der Waals surface area contributed by atoms with Gasteiger partial charge < -0.3 is 15.2 Å². The Kier molecular flexibility index (Phi) is 6.75. The molecule has 0 fully saturated rings. The Labute approximate surface area is 177 Å². The van der Waals surface area contributed by atoms with E-state index in [0.717, 1.165) is 11.3 Å². The molecule has 3 aromatic rings. The van der Waals surface area contributed by atoms with Gasteiger partial charge in [0.1, 0.15) is 29.5 Å². The number of benzene rings is 1. The van der Waals surface area contributed by atoms with Gasteiger partial charge in [0, 0.05) is 28.7 Å². The van der Waals surface area contributed by atoms with Crippen LogP contribution in [0.3, 0.4) is 0 Å². The van der Waals surface area contributed by atoms with Crippen LogP contribution in [0.4, 0.5) is 14.6 Å². The van der Waals surface area contributed by atoms with Crippen molar-refractivity contribution in [3.8, 4) is 16.3 Å². The van der Waals surface area contributed by atoms with Crippen LogP contribution >= 0.6 is 27.3 Å². The van der Waals surface area contributed by atoms with Crippen LogP contribution in [-0.4, -0.2) is 34.2 Å². The summed E-state index contributed by atoms with van der Waals surface area (Å²) in [6.07, 6.45) is 1.46. The van der Waals surface area contributed by atoms with Gasteiger partial charge in [-0.3, -0.25) is 0 Å². The molecule has 10 heteroatoms. The number of nitrogens with one attached hydrogen (secondary N) is 1. The second-order valence-electron chi connectivity index (χ2n) is 5.86. The van der Waals surface area contributed by atoms with E-state index in [2.05, 4.69) is 31.2 Å². The lowest BCUT2D eigenvalue weighted by molar-refractivity contribution is 0.0698. The zero-order chi connectivity index (χ0) is 21.0. The zero-order valence-corrected chi connectivity index (χ0v) is 17.6. The van der Waals surface area contributed by atoms with Crippen molar-refractivity contribution >= 4 is 39.1 Å². The smallest absolute Gasteiger partial charge is 0.349 e. The number of hydrogen-bond donors (Lipinski definition) is 2. The molecule has 2 aromatic heterocycles. The third-order valence-corrected chi connectivity index (χ3v) is 5.48. The third kappa shape index (κ3) is 5.07. The molecule has 6 nitrogen and oxygen atoms in total.